The van der Waals surface area contributed by atoms with Crippen molar-refractivity contribution in [2.45, 2.75) is 27.4 Å². The smallest absolute Gasteiger partial charge is 0.150 e. The lowest BCUT2D eigenvalue weighted by Crippen LogP contribution is -2.05. The van der Waals surface area contributed by atoms with Crippen LogP contribution in [0.25, 0.3) is 0 Å². The normalized spacial score (nSPS) is 11.3. The molecule has 5 nitrogen and oxygen atoms in total. The third-order valence-corrected chi connectivity index (χ3v) is 3.82. The molecular weight excluding hydrogens is 324 g/mol. The first-order chi connectivity index (χ1) is 12.6. The zero-order valence-corrected chi connectivity index (χ0v) is 15.2. The highest BCUT2D eigenvalue weighted by molar-refractivity contribution is 6.01. The predicted molar refractivity (Wildman–Crippen MR) is 105 cm³/mol. The maximum atomic E-state index is 6.00. The van der Waals surface area contributed by atoms with Crippen LogP contribution in [0, 0.1) is 13.8 Å². The molecule has 0 bridgehead atoms. The molecule has 3 aromatic rings. The molecule has 3 rings (SSSR count). The van der Waals surface area contributed by atoms with E-state index in [9.17, 15) is 0 Å². The zero-order valence-electron chi connectivity index (χ0n) is 15.2. The summed E-state index contributed by atoms with van der Waals surface area (Å²) >= 11 is 0. The summed E-state index contributed by atoms with van der Waals surface area (Å²) in [6.45, 7) is 6.26. The molecule has 1 aromatic heterocycles. The number of benzene rings is 2. The zero-order chi connectivity index (χ0) is 18.4. The van der Waals surface area contributed by atoms with Crippen molar-refractivity contribution in [3.05, 3.63) is 83.3 Å². The Kier molecular flexibility index (Phi) is 5.59. The highest BCUT2D eigenvalue weighted by Crippen LogP contribution is 2.20. The predicted octanol–water partition coefficient (Wildman–Crippen LogP) is 4.51. The molecule has 0 atom stereocenters. The molecule has 132 valence electrons. The van der Waals surface area contributed by atoms with Crippen molar-refractivity contribution in [1.29, 1.82) is 0 Å². The number of nitrogens with one attached hydrogen (secondary N) is 1. The summed E-state index contributed by atoms with van der Waals surface area (Å²) in [5, 5.41) is 4.46. The van der Waals surface area contributed by atoms with Crippen LogP contribution in [0.5, 0.6) is 5.75 Å². The van der Waals surface area contributed by atoms with E-state index >= 15 is 0 Å². The van der Waals surface area contributed by atoms with Crippen molar-refractivity contribution in [3.63, 3.8) is 0 Å². The van der Waals surface area contributed by atoms with Gasteiger partial charge in [0.05, 0.1) is 5.71 Å². The van der Waals surface area contributed by atoms with Gasteiger partial charge in [-0.3, -0.25) is 5.43 Å². The number of aromatic nitrogens is 2. The number of para-hydroxylation sites is 1. The molecule has 5 heteroatoms. The Morgan fingerprint density at radius 3 is 2.50 bits per heavy atom. The van der Waals surface area contributed by atoms with Crippen LogP contribution in [0.3, 0.4) is 0 Å². The number of hydrogen-bond donors (Lipinski definition) is 1. The van der Waals surface area contributed by atoms with E-state index in [4.69, 9.17) is 4.74 Å². The Hall–Kier alpha value is -3.21. The average Bonchev–Trinajstić information content (AvgIpc) is 2.65. The molecule has 26 heavy (non-hydrogen) atoms. The van der Waals surface area contributed by atoms with Crippen LogP contribution in [0.4, 0.5) is 5.82 Å². The van der Waals surface area contributed by atoms with Crippen LogP contribution in [-0.4, -0.2) is 15.7 Å². The van der Waals surface area contributed by atoms with Gasteiger partial charge in [-0.15, -0.1) is 0 Å². The van der Waals surface area contributed by atoms with Gasteiger partial charge in [0.25, 0.3) is 0 Å². The molecule has 0 aliphatic heterocycles. The molecule has 0 aliphatic rings. The van der Waals surface area contributed by atoms with Gasteiger partial charge in [0.1, 0.15) is 24.0 Å². The van der Waals surface area contributed by atoms with Crippen LogP contribution >= 0.6 is 0 Å². The lowest BCUT2D eigenvalue weighted by Gasteiger charge is -2.12. The van der Waals surface area contributed by atoms with Crippen molar-refractivity contribution in [3.8, 4) is 5.75 Å². The van der Waals surface area contributed by atoms with Gasteiger partial charge in [-0.1, -0.05) is 42.5 Å². The first-order valence-corrected chi connectivity index (χ1v) is 8.50. The second-order valence-electron chi connectivity index (χ2n) is 6.02. The molecule has 0 spiro atoms. The minimum absolute atomic E-state index is 0.517. The van der Waals surface area contributed by atoms with Gasteiger partial charge in [0.2, 0.25) is 0 Å². The first kappa shape index (κ1) is 17.6. The molecule has 0 radical (unpaired) electrons. The van der Waals surface area contributed by atoms with Gasteiger partial charge in [-0.2, -0.15) is 5.10 Å². The van der Waals surface area contributed by atoms with Crippen LogP contribution in [0.1, 0.15) is 29.6 Å². The van der Waals surface area contributed by atoms with Gasteiger partial charge in [-0.25, -0.2) is 9.97 Å². The molecule has 0 saturated heterocycles. The molecule has 0 saturated carbocycles. The third-order valence-electron chi connectivity index (χ3n) is 3.82. The van der Waals surface area contributed by atoms with E-state index in [1.165, 1.54) is 0 Å². The molecule has 0 fully saturated rings. The van der Waals surface area contributed by atoms with Crippen molar-refractivity contribution < 1.29 is 4.74 Å². The molecule has 0 amide bonds. The monoisotopic (exact) mass is 346 g/mol. The summed E-state index contributed by atoms with van der Waals surface area (Å²) in [4.78, 5) is 8.60. The van der Waals surface area contributed by atoms with Crippen LogP contribution in [0.2, 0.25) is 0 Å². The summed E-state index contributed by atoms with van der Waals surface area (Å²) in [7, 11) is 0. The number of rotatable bonds is 6. The lowest BCUT2D eigenvalue weighted by molar-refractivity contribution is 0.305. The van der Waals surface area contributed by atoms with E-state index in [0.29, 0.717) is 18.2 Å². The summed E-state index contributed by atoms with van der Waals surface area (Å²) in [6.07, 6.45) is 0. The highest BCUT2D eigenvalue weighted by atomic mass is 16.5. The second kappa shape index (κ2) is 8.25. The standard InChI is InChI=1S/C21H22N4O/c1-15-13-21(23-17(3)22-15)25-24-16(2)19-11-7-8-12-20(19)26-14-18-9-5-4-6-10-18/h4-13H,14H2,1-3H3,(H,22,23,25). The molecule has 0 unspecified atom stereocenters. The van der Waals surface area contributed by atoms with Crippen molar-refractivity contribution >= 4 is 11.5 Å². The van der Waals surface area contributed by atoms with E-state index in [1.54, 1.807) is 0 Å². The number of nitrogens with zero attached hydrogens (tertiary/aromatic N) is 3. The Morgan fingerprint density at radius 1 is 1.00 bits per heavy atom. The Morgan fingerprint density at radius 2 is 1.73 bits per heavy atom. The fraction of sp³-hybridized carbons (Fsp3) is 0.190. The maximum absolute atomic E-state index is 6.00. The van der Waals surface area contributed by atoms with Gasteiger partial charge in [-0.05, 0) is 38.5 Å². The average molecular weight is 346 g/mol. The Labute approximate surface area is 153 Å². The quantitative estimate of drug-likeness (QED) is 0.527. The van der Waals surface area contributed by atoms with Gasteiger partial charge >= 0.3 is 0 Å². The molecule has 0 aliphatic carbocycles. The van der Waals surface area contributed by atoms with E-state index in [-0.39, 0.29) is 0 Å². The number of hydrogen-bond acceptors (Lipinski definition) is 5. The SMILES string of the molecule is CC(=NNc1cc(C)nc(C)n1)c1ccccc1OCc1ccccc1. The minimum Gasteiger partial charge on any atom is -0.488 e. The maximum Gasteiger partial charge on any atom is 0.150 e. The van der Waals surface area contributed by atoms with E-state index in [2.05, 4.69) is 20.5 Å². The first-order valence-electron chi connectivity index (χ1n) is 8.50. The van der Waals surface area contributed by atoms with E-state index in [0.717, 1.165) is 28.3 Å². The minimum atomic E-state index is 0.517. The third kappa shape index (κ3) is 4.66. The summed E-state index contributed by atoms with van der Waals surface area (Å²) in [6, 6.07) is 19.9. The highest BCUT2D eigenvalue weighted by Gasteiger charge is 2.07. The van der Waals surface area contributed by atoms with Crippen molar-refractivity contribution in [2.75, 3.05) is 5.43 Å². The van der Waals surface area contributed by atoms with Crippen LogP contribution in [-0.2, 0) is 6.61 Å². The van der Waals surface area contributed by atoms with Crippen LogP contribution in [0.15, 0.2) is 65.8 Å². The van der Waals surface area contributed by atoms with E-state index < -0.39 is 0 Å². The topological polar surface area (TPSA) is 59.4 Å². The number of aryl methyl sites for hydroxylation is 2. The summed E-state index contributed by atoms with van der Waals surface area (Å²) < 4.78 is 6.00. The van der Waals surface area contributed by atoms with Gasteiger partial charge in [0.15, 0.2) is 0 Å². The molecule has 2 aromatic carbocycles. The van der Waals surface area contributed by atoms with Gasteiger partial charge < -0.3 is 4.74 Å². The Balaban J connectivity index is 1.75. The number of ether oxygens (including phenoxy) is 1. The largest absolute Gasteiger partial charge is 0.488 e. The van der Waals surface area contributed by atoms with Crippen molar-refractivity contribution in [1.82, 2.24) is 9.97 Å². The fourth-order valence-electron chi connectivity index (χ4n) is 2.60. The van der Waals surface area contributed by atoms with Gasteiger partial charge in [0, 0.05) is 17.3 Å². The molecule has 1 N–H and O–H groups in total. The molecular formula is C21H22N4O. The summed E-state index contributed by atoms with van der Waals surface area (Å²) in [5.74, 6) is 2.19. The number of anilines is 1. The van der Waals surface area contributed by atoms with E-state index in [1.807, 2.05) is 81.4 Å². The molecule has 1 heterocycles. The van der Waals surface area contributed by atoms with Crippen LogP contribution < -0.4 is 10.2 Å². The lowest BCUT2D eigenvalue weighted by atomic mass is 10.1. The fourth-order valence-corrected chi connectivity index (χ4v) is 2.60. The number of hydrazone groups is 1. The van der Waals surface area contributed by atoms with Crippen molar-refractivity contribution in [2.24, 2.45) is 5.10 Å². The Bertz CT molecular complexity index is 887. The second-order valence-corrected chi connectivity index (χ2v) is 6.02. The summed E-state index contributed by atoms with van der Waals surface area (Å²) in [5.41, 5.74) is 6.80.